The second kappa shape index (κ2) is 5.86. The van der Waals surface area contributed by atoms with Gasteiger partial charge in [0.2, 0.25) is 0 Å². The largest absolute Gasteiger partial charge is 0.341 e. The van der Waals surface area contributed by atoms with Crippen molar-refractivity contribution in [1.82, 2.24) is 0 Å². The Labute approximate surface area is 125 Å². The first-order valence-electron chi connectivity index (χ1n) is 7.54. The highest BCUT2D eigenvalue weighted by Gasteiger charge is 2.20. The molecule has 0 radical (unpaired) electrons. The maximum atomic E-state index is 13.6. The topological polar surface area (TPSA) is 29.3 Å². The number of benzene rings is 2. The van der Waals surface area contributed by atoms with E-state index in [1.807, 2.05) is 13.0 Å². The summed E-state index contributed by atoms with van der Waals surface area (Å²) in [7, 11) is 0. The zero-order chi connectivity index (χ0) is 14.8. The van der Waals surface area contributed by atoms with Crippen LogP contribution in [0.1, 0.15) is 24.5 Å². The van der Waals surface area contributed by atoms with E-state index in [0.717, 1.165) is 30.6 Å². The summed E-state index contributed by atoms with van der Waals surface area (Å²) in [4.78, 5) is 2.30. The molecule has 110 valence electrons. The summed E-state index contributed by atoms with van der Waals surface area (Å²) >= 11 is 0. The van der Waals surface area contributed by atoms with E-state index in [9.17, 15) is 4.39 Å². The average molecular weight is 284 g/mol. The van der Waals surface area contributed by atoms with Gasteiger partial charge in [0, 0.05) is 24.0 Å². The Morgan fingerprint density at radius 2 is 2.00 bits per heavy atom. The lowest BCUT2D eigenvalue weighted by molar-refractivity contribution is 0.622. The molecule has 2 nitrogen and oxygen atoms in total. The minimum absolute atomic E-state index is 0.0191. The Hall–Kier alpha value is -1.87. The molecule has 0 fully saturated rings. The molecule has 21 heavy (non-hydrogen) atoms. The zero-order valence-electron chi connectivity index (χ0n) is 12.3. The molecule has 0 amide bonds. The fourth-order valence-corrected chi connectivity index (χ4v) is 3.11. The Kier molecular flexibility index (Phi) is 3.93. The Bertz CT molecular complexity index is 637. The quantitative estimate of drug-likeness (QED) is 0.929. The van der Waals surface area contributed by atoms with Gasteiger partial charge in [-0.1, -0.05) is 18.2 Å². The number of hydrogen-bond donors (Lipinski definition) is 1. The molecule has 1 aliphatic heterocycles. The van der Waals surface area contributed by atoms with Crippen LogP contribution in [0.2, 0.25) is 0 Å². The van der Waals surface area contributed by atoms with E-state index in [1.165, 1.54) is 17.3 Å². The van der Waals surface area contributed by atoms with Crippen molar-refractivity contribution in [2.45, 2.75) is 32.2 Å². The number of halogens is 1. The fourth-order valence-electron chi connectivity index (χ4n) is 3.11. The average Bonchev–Trinajstić information content (AvgIpc) is 2.46. The van der Waals surface area contributed by atoms with Crippen LogP contribution in [-0.4, -0.2) is 12.6 Å². The van der Waals surface area contributed by atoms with Crippen LogP contribution in [0.4, 0.5) is 15.8 Å². The first kappa shape index (κ1) is 14.1. The molecule has 1 aliphatic rings. The van der Waals surface area contributed by atoms with Gasteiger partial charge >= 0.3 is 0 Å². The second-order valence-electron chi connectivity index (χ2n) is 5.84. The summed E-state index contributed by atoms with van der Waals surface area (Å²) < 4.78 is 13.6. The first-order valence-corrected chi connectivity index (χ1v) is 7.54. The summed E-state index contributed by atoms with van der Waals surface area (Å²) in [6.07, 6.45) is 2.91. The number of nitrogens with two attached hydrogens (primary N) is 1. The van der Waals surface area contributed by atoms with Crippen molar-refractivity contribution in [3.05, 3.63) is 59.4 Å². The highest BCUT2D eigenvalue weighted by molar-refractivity contribution is 5.70. The molecule has 3 heteroatoms. The fraction of sp³-hybridized carbons (Fsp3) is 0.333. The number of nitrogens with zero attached hydrogens (tertiary/aromatic N) is 1. The highest BCUT2D eigenvalue weighted by atomic mass is 19.1. The van der Waals surface area contributed by atoms with Crippen molar-refractivity contribution in [2.24, 2.45) is 5.73 Å². The Balaban J connectivity index is 2.05. The number of aryl methyl sites for hydroxylation is 1. The van der Waals surface area contributed by atoms with Gasteiger partial charge in [0.15, 0.2) is 0 Å². The molecule has 1 unspecified atom stereocenters. The smallest absolute Gasteiger partial charge is 0.123 e. The number of rotatable bonds is 3. The third-order valence-electron chi connectivity index (χ3n) is 3.98. The molecule has 0 aliphatic carbocycles. The van der Waals surface area contributed by atoms with Gasteiger partial charge < -0.3 is 10.6 Å². The summed E-state index contributed by atoms with van der Waals surface area (Å²) in [5.74, 6) is -0.195. The van der Waals surface area contributed by atoms with Crippen molar-refractivity contribution in [3.8, 4) is 0 Å². The van der Waals surface area contributed by atoms with E-state index in [1.54, 1.807) is 6.07 Å². The molecular weight excluding hydrogens is 263 g/mol. The standard InChI is InChI=1S/C18H21FN2/c1-13(20)11-15-12-16(19)8-9-18(15)21-10-4-6-14-5-2-3-7-17(14)21/h2-3,5,7-9,12-13H,4,6,10-11,20H2,1H3. The molecular formula is C18H21FN2. The molecule has 3 rings (SSSR count). The van der Waals surface area contributed by atoms with Gasteiger partial charge in [0.05, 0.1) is 0 Å². The lowest BCUT2D eigenvalue weighted by Crippen LogP contribution is -2.27. The molecule has 2 aromatic carbocycles. The van der Waals surface area contributed by atoms with Crippen LogP contribution in [0.15, 0.2) is 42.5 Å². The summed E-state index contributed by atoms with van der Waals surface area (Å²) in [5.41, 5.74) is 10.6. The van der Waals surface area contributed by atoms with E-state index in [4.69, 9.17) is 5.73 Å². The molecule has 1 heterocycles. The van der Waals surface area contributed by atoms with Gasteiger partial charge in [-0.15, -0.1) is 0 Å². The van der Waals surface area contributed by atoms with Gasteiger partial charge in [-0.05, 0) is 61.6 Å². The third-order valence-corrected chi connectivity index (χ3v) is 3.98. The van der Waals surface area contributed by atoms with E-state index >= 15 is 0 Å². The molecule has 2 aromatic rings. The number of hydrogen-bond acceptors (Lipinski definition) is 2. The number of fused-ring (bicyclic) bond motifs is 1. The molecule has 1 atom stereocenters. The minimum Gasteiger partial charge on any atom is -0.341 e. The van der Waals surface area contributed by atoms with E-state index in [0.29, 0.717) is 6.42 Å². The summed E-state index contributed by atoms with van der Waals surface area (Å²) in [6, 6.07) is 13.5. The van der Waals surface area contributed by atoms with Crippen LogP contribution in [0, 0.1) is 5.82 Å². The van der Waals surface area contributed by atoms with Crippen molar-refractivity contribution in [3.63, 3.8) is 0 Å². The van der Waals surface area contributed by atoms with Crippen LogP contribution < -0.4 is 10.6 Å². The number of anilines is 2. The monoisotopic (exact) mass is 284 g/mol. The second-order valence-corrected chi connectivity index (χ2v) is 5.84. The highest BCUT2D eigenvalue weighted by Crippen LogP contribution is 2.35. The van der Waals surface area contributed by atoms with E-state index in [2.05, 4.69) is 29.2 Å². The van der Waals surface area contributed by atoms with Gasteiger partial charge in [0.25, 0.3) is 0 Å². The zero-order valence-corrected chi connectivity index (χ0v) is 12.3. The lowest BCUT2D eigenvalue weighted by Gasteiger charge is -2.33. The number of para-hydroxylation sites is 1. The van der Waals surface area contributed by atoms with Crippen LogP contribution >= 0.6 is 0 Å². The molecule has 2 N–H and O–H groups in total. The van der Waals surface area contributed by atoms with Crippen molar-refractivity contribution >= 4 is 11.4 Å². The van der Waals surface area contributed by atoms with Crippen LogP contribution in [0.5, 0.6) is 0 Å². The summed E-state index contributed by atoms with van der Waals surface area (Å²) in [6.45, 7) is 2.92. The van der Waals surface area contributed by atoms with Crippen molar-refractivity contribution in [1.29, 1.82) is 0 Å². The summed E-state index contributed by atoms with van der Waals surface area (Å²) in [5, 5.41) is 0. The molecule has 0 aromatic heterocycles. The maximum absolute atomic E-state index is 13.6. The molecule has 0 saturated carbocycles. The normalized spacial score (nSPS) is 15.7. The predicted octanol–water partition coefficient (Wildman–Crippen LogP) is 3.80. The Morgan fingerprint density at radius 3 is 2.81 bits per heavy atom. The van der Waals surface area contributed by atoms with Crippen LogP contribution in [0.25, 0.3) is 0 Å². The third kappa shape index (κ3) is 2.93. The van der Waals surface area contributed by atoms with Crippen molar-refractivity contribution in [2.75, 3.05) is 11.4 Å². The van der Waals surface area contributed by atoms with Crippen LogP contribution in [0.3, 0.4) is 0 Å². The van der Waals surface area contributed by atoms with E-state index < -0.39 is 0 Å². The maximum Gasteiger partial charge on any atom is 0.123 e. The van der Waals surface area contributed by atoms with Crippen molar-refractivity contribution < 1.29 is 4.39 Å². The predicted molar refractivity (Wildman–Crippen MR) is 85.5 cm³/mol. The minimum atomic E-state index is -0.195. The van der Waals surface area contributed by atoms with Gasteiger partial charge in [-0.2, -0.15) is 0 Å². The first-order chi connectivity index (χ1) is 10.1. The molecule has 0 bridgehead atoms. The lowest BCUT2D eigenvalue weighted by atomic mass is 9.98. The Morgan fingerprint density at radius 1 is 1.19 bits per heavy atom. The molecule has 0 saturated heterocycles. The van der Waals surface area contributed by atoms with Crippen LogP contribution in [-0.2, 0) is 12.8 Å². The van der Waals surface area contributed by atoms with E-state index in [-0.39, 0.29) is 11.9 Å². The SMILES string of the molecule is CC(N)Cc1cc(F)ccc1N1CCCc2ccccc21. The van der Waals surface area contributed by atoms with Gasteiger partial charge in [-0.3, -0.25) is 0 Å². The molecule has 0 spiro atoms. The van der Waals surface area contributed by atoms with Gasteiger partial charge in [-0.25, -0.2) is 4.39 Å². The van der Waals surface area contributed by atoms with Gasteiger partial charge in [0.1, 0.15) is 5.82 Å².